The Kier molecular flexibility index (Phi) is 7.29. The predicted octanol–water partition coefficient (Wildman–Crippen LogP) is 0.433. The molecule has 0 atom stereocenters. The molecule has 0 bridgehead atoms. The van der Waals surface area contributed by atoms with E-state index in [0.717, 1.165) is 32.5 Å². The van der Waals surface area contributed by atoms with Gasteiger partial charge in [-0.15, -0.1) is 0 Å². The summed E-state index contributed by atoms with van der Waals surface area (Å²) in [6.45, 7) is 11.7. The van der Waals surface area contributed by atoms with Crippen molar-refractivity contribution in [3.8, 4) is 0 Å². The SMILES string of the molecule is CCN1CCC(NC(=O)CN(C)CC(=O)NC(C)(C)C)CC1. The standard InChI is InChI=1S/C16H32N4O2/c1-6-20-9-7-13(8-10-20)17-14(21)11-19(5)12-15(22)18-16(2,3)4/h13H,6-12H2,1-5H3,(H,17,21)(H,18,22). The molecule has 0 aromatic carbocycles. The van der Waals surface area contributed by atoms with Crippen LogP contribution in [0, 0.1) is 0 Å². The van der Waals surface area contributed by atoms with Gasteiger partial charge in [0.05, 0.1) is 13.1 Å². The Balaban J connectivity index is 2.25. The fourth-order valence-corrected chi connectivity index (χ4v) is 2.67. The third kappa shape index (κ3) is 7.75. The molecule has 0 aliphatic carbocycles. The third-order valence-corrected chi connectivity index (χ3v) is 3.74. The van der Waals surface area contributed by atoms with Crippen molar-refractivity contribution in [3.05, 3.63) is 0 Å². The largest absolute Gasteiger partial charge is 0.352 e. The van der Waals surface area contributed by atoms with Gasteiger partial charge < -0.3 is 15.5 Å². The van der Waals surface area contributed by atoms with Gasteiger partial charge in [0, 0.05) is 24.7 Å². The maximum Gasteiger partial charge on any atom is 0.234 e. The number of likely N-dealkylation sites (N-methyl/N-ethyl adjacent to an activating group) is 1. The van der Waals surface area contributed by atoms with Gasteiger partial charge in [-0.1, -0.05) is 6.92 Å². The Labute approximate surface area is 134 Å². The molecule has 1 aliphatic heterocycles. The molecular formula is C16H32N4O2. The minimum Gasteiger partial charge on any atom is -0.352 e. The van der Waals surface area contributed by atoms with E-state index < -0.39 is 0 Å². The molecule has 1 heterocycles. The monoisotopic (exact) mass is 312 g/mol. The summed E-state index contributed by atoms with van der Waals surface area (Å²) >= 11 is 0. The molecule has 1 saturated heterocycles. The number of hydrogen-bond donors (Lipinski definition) is 2. The summed E-state index contributed by atoms with van der Waals surface area (Å²) in [4.78, 5) is 28.0. The van der Waals surface area contributed by atoms with E-state index in [9.17, 15) is 9.59 Å². The normalized spacial score (nSPS) is 17.5. The average molecular weight is 312 g/mol. The smallest absolute Gasteiger partial charge is 0.234 e. The first kappa shape index (κ1) is 18.9. The zero-order valence-corrected chi connectivity index (χ0v) is 14.7. The van der Waals surface area contributed by atoms with Crippen molar-refractivity contribution < 1.29 is 9.59 Å². The Bertz CT molecular complexity index is 371. The minimum atomic E-state index is -0.243. The lowest BCUT2D eigenvalue weighted by Crippen LogP contribution is -2.49. The van der Waals surface area contributed by atoms with Crippen LogP contribution in [0.15, 0.2) is 0 Å². The van der Waals surface area contributed by atoms with Gasteiger partial charge in [0.25, 0.3) is 0 Å². The number of nitrogens with zero attached hydrogens (tertiary/aromatic N) is 2. The summed E-state index contributed by atoms with van der Waals surface area (Å²) in [7, 11) is 1.79. The zero-order chi connectivity index (χ0) is 16.8. The molecule has 1 fully saturated rings. The van der Waals surface area contributed by atoms with Crippen LogP contribution >= 0.6 is 0 Å². The van der Waals surface area contributed by atoms with Crippen LogP contribution in [0.3, 0.4) is 0 Å². The van der Waals surface area contributed by atoms with Gasteiger partial charge in [0.15, 0.2) is 0 Å². The minimum absolute atomic E-state index is 0.000933. The number of nitrogens with one attached hydrogen (secondary N) is 2. The van der Waals surface area contributed by atoms with E-state index in [1.165, 1.54) is 0 Å². The van der Waals surface area contributed by atoms with E-state index in [4.69, 9.17) is 0 Å². The van der Waals surface area contributed by atoms with E-state index in [2.05, 4.69) is 22.5 Å². The summed E-state index contributed by atoms with van der Waals surface area (Å²) in [5, 5.41) is 5.98. The van der Waals surface area contributed by atoms with Crippen molar-refractivity contribution >= 4 is 11.8 Å². The molecule has 1 aliphatic rings. The molecule has 0 aromatic rings. The van der Waals surface area contributed by atoms with Gasteiger partial charge in [0.1, 0.15) is 0 Å². The summed E-state index contributed by atoms with van der Waals surface area (Å²) in [6, 6.07) is 0.270. The quantitative estimate of drug-likeness (QED) is 0.747. The summed E-state index contributed by atoms with van der Waals surface area (Å²) in [6.07, 6.45) is 2.02. The van der Waals surface area contributed by atoms with Gasteiger partial charge in [0.2, 0.25) is 11.8 Å². The highest BCUT2D eigenvalue weighted by atomic mass is 16.2. The Morgan fingerprint density at radius 3 is 2.18 bits per heavy atom. The van der Waals surface area contributed by atoms with Crippen LogP contribution in [0.25, 0.3) is 0 Å². The number of amides is 2. The van der Waals surface area contributed by atoms with Crippen molar-refractivity contribution in [2.24, 2.45) is 0 Å². The number of carbonyl (C=O) groups excluding carboxylic acids is 2. The Morgan fingerprint density at radius 2 is 1.68 bits per heavy atom. The van der Waals surface area contributed by atoms with Gasteiger partial charge in [-0.25, -0.2) is 0 Å². The topological polar surface area (TPSA) is 64.7 Å². The van der Waals surface area contributed by atoms with E-state index >= 15 is 0 Å². The molecule has 2 amide bonds. The molecule has 2 N–H and O–H groups in total. The first-order valence-corrected chi connectivity index (χ1v) is 8.21. The highest BCUT2D eigenvalue weighted by Crippen LogP contribution is 2.09. The fraction of sp³-hybridized carbons (Fsp3) is 0.875. The van der Waals surface area contributed by atoms with E-state index in [1.807, 2.05) is 20.8 Å². The van der Waals surface area contributed by atoms with Crippen LogP contribution in [0.1, 0.15) is 40.5 Å². The van der Waals surface area contributed by atoms with Crippen LogP contribution < -0.4 is 10.6 Å². The number of hydrogen-bond acceptors (Lipinski definition) is 4. The third-order valence-electron chi connectivity index (χ3n) is 3.74. The molecule has 1 rings (SSSR count). The summed E-state index contributed by atoms with van der Waals surface area (Å²) < 4.78 is 0. The fourth-order valence-electron chi connectivity index (χ4n) is 2.67. The number of rotatable bonds is 6. The second-order valence-electron chi connectivity index (χ2n) is 7.25. The van der Waals surface area contributed by atoms with Gasteiger partial charge in [-0.2, -0.15) is 0 Å². The van der Waals surface area contributed by atoms with Crippen molar-refractivity contribution in [2.75, 3.05) is 39.8 Å². The van der Waals surface area contributed by atoms with E-state index in [-0.39, 0.29) is 36.5 Å². The van der Waals surface area contributed by atoms with Crippen LogP contribution in [0.5, 0.6) is 0 Å². The number of likely N-dealkylation sites (tertiary alicyclic amines) is 1. The summed E-state index contributed by atoms with van der Waals surface area (Å²) in [5.74, 6) is -0.0555. The van der Waals surface area contributed by atoms with Gasteiger partial charge in [-0.3, -0.25) is 14.5 Å². The predicted molar refractivity (Wildman–Crippen MR) is 88.7 cm³/mol. The molecule has 22 heavy (non-hydrogen) atoms. The maximum atomic E-state index is 12.0. The maximum absolute atomic E-state index is 12.0. The molecule has 6 heteroatoms. The Hall–Kier alpha value is -1.14. The van der Waals surface area contributed by atoms with Gasteiger partial charge in [-0.05, 0) is 47.2 Å². The highest BCUT2D eigenvalue weighted by Gasteiger charge is 2.21. The van der Waals surface area contributed by atoms with Crippen LogP contribution in [0.2, 0.25) is 0 Å². The second-order valence-corrected chi connectivity index (χ2v) is 7.25. The average Bonchev–Trinajstić information content (AvgIpc) is 2.36. The van der Waals surface area contributed by atoms with Gasteiger partial charge >= 0.3 is 0 Å². The molecule has 0 radical (unpaired) electrons. The molecule has 128 valence electrons. The van der Waals surface area contributed by atoms with Crippen molar-refractivity contribution in [3.63, 3.8) is 0 Å². The summed E-state index contributed by atoms with van der Waals surface area (Å²) in [5.41, 5.74) is -0.243. The molecule has 6 nitrogen and oxygen atoms in total. The first-order valence-electron chi connectivity index (χ1n) is 8.21. The van der Waals surface area contributed by atoms with E-state index in [0.29, 0.717) is 0 Å². The van der Waals surface area contributed by atoms with Crippen LogP contribution in [-0.4, -0.2) is 73.0 Å². The second kappa shape index (κ2) is 8.48. The molecular weight excluding hydrogens is 280 g/mol. The Morgan fingerprint density at radius 1 is 1.14 bits per heavy atom. The molecule has 0 unspecified atom stereocenters. The molecule has 0 spiro atoms. The number of carbonyl (C=O) groups is 2. The zero-order valence-electron chi connectivity index (χ0n) is 14.7. The lowest BCUT2D eigenvalue weighted by atomic mass is 10.1. The van der Waals surface area contributed by atoms with Crippen molar-refractivity contribution in [2.45, 2.75) is 52.1 Å². The molecule has 0 saturated carbocycles. The van der Waals surface area contributed by atoms with Crippen LogP contribution in [-0.2, 0) is 9.59 Å². The van der Waals surface area contributed by atoms with Crippen LogP contribution in [0.4, 0.5) is 0 Å². The van der Waals surface area contributed by atoms with E-state index in [1.54, 1.807) is 11.9 Å². The lowest BCUT2D eigenvalue weighted by molar-refractivity contribution is -0.125. The molecule has 0 aromatic heterocycles. The van der Waals surface area contributed by atoms with Crippen molar-refractivity contribution in [1.29, 1.82) is 0 Å². The number of piperidine rings is 1. The lowest BCUT2D eigenvalue weighted by Gasteiger charge is -2.31. The van der Waals surface area contributed by atoms with Crippen molar-refractivity contribution in [1.82, 2.24) is 20.4 Å². The first-order chi connectivity index (χ1) is 10.2. The highest BCUT2D eigenvalue weighted by molar-refractivity contribution is 5.81.